The van der Waals surface area contributed by atoms with Gasteiger partial charge >= 0.3 is 0 Å². The molecule has 0 saturated heterocycles. The third kappa shape index (κ3) is 6.77. The molecule has 7 rings (SSSR count). The average Bonchev–Trinajstić information content (AvgIpc) is 3.42. The van der Waals surface area contributed by atoms with E-state index in [1.165, 1.54) is 28.8 Å². The van der Waals surface area contributed by atoms with E-state index in [9.17, 15) is 4.39 Å². The van der Waals surface area contributed by atoms with Crippen LogP contribution in [0.5, 0.6) is 0 Å². The van der Waals surface area contributed by atoms with Gasteiger partial charge in [-0.15, -0.1) is 59.7 Å². The van der Waals surface area contributed by atoms with Gasteiger partial charge in [0.2, 0.25) is 5.95 Å². The normalized spacial score (nSPS) is 12.4. The van der Waals surface area contributed by atoms with E-state index in [4.69, 9.17) is 4.11 Å². The summed E-state index contributed by atoms with van der Waals surface area (Å²) in [5, 5.41) is 3.21. The van der Waals surface area contributed by atoms with Crippen LogP contribution in [0.1, 0.15) is 9.68 Å². The van der Waals surface area contributed by atoms with Crippen molar-refractivity contribution in [2.45, 2.75) is 26.5 Å². The SMILES string of the molecule is C[Si](C)(C)c1ccc(-c2[c-]cccc2)nc1.[2H]C([2H])([2H])c1cnc(-c2[c-]ccc3c2sc2nc(F)ccc23)cc1-c1ccccc1.[Ir]. The van der Waals surface area contributed by atoms with Crippen LogP contribution in [0, 0.1) is 24.9 Å². The second-order valence-electron chi connectivity index (χ2n) is 11.1. The number of pyridine rings is 3. The zero-order valence-corrected chi connectivity index (χ0v) is 28.6. The zero-order chi connectivity index (χ0) is 32.5. The van der Waals surface area contributed by atoms with Gasteiger partial charge in [-0.25, -0.2) is 4.98 Å². The van der Waals surface area contributed by atoms with Crippen molar-refractivity contribution in [3.05, 3.63) is 133 Å². The van der Waals surface area contributed by atoms with Gasteiger partial charge in [0.1, 0.15) is 4.83 Å². The van der Waals surface area contributed by atoms with Crippen molar-refractivity contribution < 1.29 is 28.6 Å². The molecule has 3 aromatic carbocycles. The molecule has 1 radical (unpaired) electrons. The van der Waals surface area contributed by atoms with Crippen molar-refractivity contribution >= 4 is 44.9 Å². The number of fused-ring (bicyclic) bond motifs is 3. The summed E-state index contributed by atoms with van der Waals surface area (Å²) < 4.78 is 38.2. The Hall–Kier alpha value is -3.87. The van der Waals surface area contributed by atoms with E-state index in [0.717, 1.165) is 37.9 Å². The van der Waals surface area contributed by atoms with E-state index in [1.807, 2.05) is 66.9 Å². The van der Waals surface area contributed by atoms with Gasteiger partial charge in [-0.05, 0) is 56.9 Å². The summed E-state index contributed by atoms with van der Waals surface area (Å²) in [5.41, 5.74) is 5.03. The Labute approximate surface area is 280 Å². The van der Waals surface area contributed by atoms with Crippen LogP contribution in [0.4, 0.5) is 4.39 Å². The maximum absolute atomic E-state index is 13.6. The Bertz CT molecular complexity index is 2130. The predicted octanol–water partition coefficient (Wildman–Crippen LogP) is 9.52. The fourth-order valence-electron chi connectivity index (χ4n) is 4.79. The smallest absolute Gasteiger partial charge is 0.214 e. The molecular weight excluding hydrogens is 758 g/mol. The van der Waals surface area contributed by atoms with Crippen LogP contribution in [0.15, 0.2) is 109 Å². The Balaban J connectivity index is 0.000000217. The number of hydrogen-bond acceptors (Lipinski definition) is 4. The fraction of sp³-hybridized carbons (Fsp3) is 0.108. The first-order chi connectivity index (χ1) is 22.0. The molecule has 0 fully saturated rings. The molecule has 0 atom stereocenters. The maximum atomic E-state index is 13.6. The molecule has 0 aliphatic carbocycles. The average molecular weight is 791 g/mol. The van der Waals surface area contributed by atoms with Crippen molar-refractivity contribution in [3.63, 3.8) is 0 Å². The molecule has 0 spiro atoms. The maximum Gasteiger partial charge on any atom is 0.214 e. The Kier molecular flexibility index (Phi) is 8.43. The third-order valence-electron chi connectivity index (χ3n) is 7.12. The van der Waals surface area contributed by atoms with Gasteiger partial charge in [-0.3, -0.25) is 0 Å². The molecule has 221 valence electrons. The Morgan fingerprint density at radius 3 is 2.30 bits per heavy atom. The third-order valence-corrected chi connectivity index (χ3v) is 10.3. The first-order valence-electron chi connectivity index (χ1n) is 15.4. The van der Waals surface area contributed by atoms with Crippen molar-refractivity contribution in [2.75, 3.05) is 0 Å². The van der Waals surface area contributed by atoms with Gasteiger partial charge < -0.3 is 9.97 Å². The zero-order valence-electron chi connectivity index (χ0n) is 27.4. The van der Waals surface area contributed by atoms with E-state index in [0.29, 0.717) is 16.1 Å². The number of halogens is 1. The second kappa shape index (κ2) is 13.4. The van der Waals surface area contributed by atoms with E-state index < -0.39 is 20.9 Å². The van der Waals surface area contributed by atoms with Crippen LogP contribution in [-0.4, -0.2) is 23.0 Å². The summed E-state index contributed by atoms with van der Waals surface area (Å²) in [4.78, 5) is 13.6. The van der Waals surface area contributed by atoms with Gasteiger partial charge in [0.15, 0.2) is 0 Å². The molecule has 3 nitrogen and oxygen atoms in total. The quantitative estimate of drug-likeness (QED) is 0.101. The van der Waals surface area contributed by atoms with Crippen LogP contribution in [-0.2, 0) is 20.1 Å². The van der Waals surface area contributed by atoms with E-state index >= 15 is 0 Å². The summed E-state index contributed by atoms with van der Waals surface area (Å²) in [6, 6.07) is 36.6. The minimum atomic E-state index is -2.29. The number of aryl methyl sites for hydroxylation is 1. The number of rotatable bonds is 4. The molecule has 0 aliphatic rings. The van der Waals surface area contributed by atoms with Gasteiger partial charge in [0.25, 0.3) is 0 Å². The number of nitrogens with zero attached hydrogens (tertiary/aromatic N) is 3. The number of aromatic nitrogens is 3. The molecule has 7 heteroatoms. The van der Waals surface area contributed by atoms with Crippen molar-refractivity contribution in [1.82, 2.24) is 15.0 Å². The van der Waals surface area contributed by atoms with Crippen molar-refractivity contribution in [2.24, 2.45) is 0 Å². The van der Waals surface area contributed by atoms with E-state index in [2.05, 4.69) is 58.9 Å². The number of thiophene rings is 1. The molecule has 0 bridgehead atoms. The van der Waals surface area contributed by atoms with Crippen LogP contribution in [0.3, 0.4) is 0 Å². The minimum absolute atomic E-state index is 0. The summed E-state index contributed by atoms with van der Waals surface area (Å²) in [6.07, 6.45) is 3.44. The topological polar surface area (TPSA) is 38.7 Å². The predicted molar refractivity (Wildman–Crippen MR) is 181 cm³/mol. The molecule has 4 heterocycles. The molecule has 4 aromatic heterocycles. The van der Waals surface area contributed by atoms with E-state index in [-0.39, 0.29) is 25.7 Å². The number of hydrogen-bond donors (Lipinski definition) is 0. The second-order valence-corrected chi connectivity index (χ2v) is 17.2. The molecule has 44 heavy (non-hydrogen) atoms. The summed E-state index contributed by atoms with van der Waals surface area (Å²) in [5.74, 6) is -0.522. The van der Waals surface area contributed by atoms with Crippen molar-refractivity contribution in [3.8, 4) is 33.6 Å². The minimum Gasteiger partial charge on any atom is -0.305 e. The fourth-order valence-corrected chi connectivity index (χ4v) is 6.99. The summed E-state index contributed by atoms with van der Waals surface area (Å²) in [7, 11) is -1.23. The Morgan fingerprint density at radius 2 is 1.59 bits per heavy atom. The molecule has 0 amide bonds. The summed E-state index contributed by atoms with van der Waals surface area (Å²) >= 11 is 1.38. The first kappa shape index (κ1) is 27.7. The van der Waals surface area contributed by atoms with Crippen LogP contribution in [0.25, 0.3) is 53.9 Å². The molecule has 0 N–H and O–H groups in total. The van der Waals surface area contributed by atoms with E-state index in [1.54, 1.807) is 18.2 Å². The number of benzene rings is 3. The molecule has 0 saturated carbocycles. The largest absolute Gasteiger partial charge is 0.305 e. The molecular formula is C37H30FIrN3SSi-2. The van der Waals surface area contributed by atoms with Gasteiger partial charge in [0, 0.05) is 42.0 Å². The van der Waals surface area contributed by atoms with Crippen LogP contribution < -0.4 is 5.19 Å². The van der Waals surface area contributed by atoms with Crippen LogP contribution >= 0.6 is 11.3 Å². The van der Waals surface area contributed by atoms with Gasteiger partial charge in [0.05, 0.1) is 8.07 Å². The Morgan fingerprint density at radius 1 is 0.795 bits per heavy atom. The molecule has 0 aliphatic heterocycles. The van der Waals surface area contributed by atoms with Crippen molar-refractivity contribution in [1.29, 1.82) is 0 Å². The first-order valence-corrected chi connectivity index (χ1v) is 18.2. The monoisotopic (exact) mass is 791 g/mol. The van der Waals surface area contributed by atoms with Gasteiger partial charge in [-0.1, -0.05) is 73.6 Å². The molecule has 0 unspecified atom stereocenters. The van der Waals surface area contributed by atoms with Gasteiger partial charge in [-0.2, -0.15) is 15.7 Å². The standard InChI is InChI=1S/C23H14FN2S.C14H16NSi.Ir/c1-14-13-25-20(12-19(14)15-6-3-2-4-7-15)18-9-5-8-16-17-10-11-21(24)26-23(17)27-22(16)18;1-16(2,3)13-9-10-14(15-11-13)12-7-5-4-6-8-12;/h2-8,10-13H,1H3;4-7,9-11H,1-3H3;/q2*-1;/i1D3;;. The molecule has 7 aromatic rings. The van der Waals surface area contributed by atoms with Crippen LogP contribution in [0.2, 0.25) is 19.6 Å². The summed E-state index contributed by atoms with van der Waals surface area (Å²) in [6.45, 7) is 4.71.